The highest BCUT2D eigenvalue weighted by atomic mass is 16.5. The van der Waals surface area contributed by atoms with Crippen LogP contribution in [-0.4, -0.2) is 25.2 Å². The molecule has 0 aromatic heterocycles. The zero-order valence-electron chi connectivity index (χ0n) is 12.4. The molecule has 0 aliphatic rings. The second-order valence-corrected chi connectivity index (χ2v) is 5.44. The summed E-state index contributed by atoms with van der Waals surface area (Å²) >= 11 is 0. The molecule has 1 rings (SSSR count). The van der Waals surface area contributed by atoms with Crippen molar-refractivity contribution < 1.29 is 14.3 Å². The number of nitrogens with one attached hydrogen (secondary N) is 2. The van der Waals surface area contributed by atoms with Crippen LogP contribution in [0.15, 0.2) is 24.3 Å². The van der Waals surface area contributed by atoms with Crippen LogP contribution in [-0.2, 0) is 14.9 Å². The molecule has 1 aromatic carbocycles. The van der Waals surface area contributed by atoms with Gasteiger partial charge in [-0.15, -0.1) is 0 Å². The minimum Gasteiger partial charge on any atom is -0.465 e. The standard InChI is InChI=1S/C15H22N2O3/c1-5-20-13(18)10-16-14(19)17-12-8-6-7-11(9-12)15(2,3)4/h6-9H,5,10H2,1-4H3,(H2,16,17,19). The van der Waals surface area contributed by atoms with Crippen molar-refractivity contribution in [1.82, 2.24) is 5.32 Å². The minimum absolute atomic E-state index is 0.0130. The Hall–Kier alpha value is -2.04. The highest BCUT2D eigenvalue weighted by Crippen LogP contribution is 2.24. The summed E-state index contributed by atoms with van der Waals surface area (Å²) < 4.78 is 4.72. The number of urea groups is 1. The lowest BCUT2D eigenvalue weighted by atomic mass is 9.87. The molecule has 0 unspecified atom stereocenters. The fraction of sp³-hybridized carbons (Fsp3) is 0.467. The first kappa shape index (κ1) is 16.0. The summed E-state index contributed by atoms with van der Waals surface area (Å²) in [6, 6.07) is 7.20. The number of ether oxygens (including phenoxy) is 1. The summed E-state index contributed by atoms with van der Waals surface area (Å²) in [5, 5.41) is 5.14. The zero-order valence-corrected chi connectivity index (χ0v) is 12.4. The van der Waals surface area contributed by atoms with E-state index in [9.17, 15) is 9.59 Å². The molecule has 0 aliphatic heterocycles. The van der Waals surface area contributed by atoms with E-state index in [0.29, 0.717) is 12.3 Å². The van der Waals surface area contributed by atoms with E-state index >= 15 is 0 Å². The van der Waals surface area contributed by atoms with Crippen LogP contribution in [0.25, 0.3) is 0 Å². The molecule has 2 amide bonds. The molecule has 20 heavy (non-hydrogen) atoms. The molecule has 0 saturated carbocycles. The lowest BCUT2D eigenvalue weighted by molar-refractivity contribution is -0.141. The molecule has 0 atom stereocenters. The third kappa shape index (κ3) is 5.30. The van der Waals surface area contributed by atoms with Gasteiger partial charge < -0.3 is 15.4 Å². The highest BCUT2D eigenvalue weighted by molar-refractivity contribution is 5.91. The summed E-state index contributed by atoms with van der Waals surface area (Å²) in [5.41, 5.74) is 1.83. The fourth-order valence-corrected chi connectivity index (χ4v) is 1.60. The summed E-state index contributed by atoms with van der Waals surface area (Å²) in [6.07, 6.45) is 0. The molecule has 0 spiro atoms. The summed E-state index contributed by atoms with van der Waals surface area (Å²) in [6.45, 7) is 8.19. The lowest BCUT2D eigenvalue weighted by Gasteiger charge is -2.19. The molecule has 5 heteroatoms. The molecule has 1 aromatic rings. The normalized spacial score (nSPS) is 10.8. The third-order valence-electron chi connectivity index (χ3n) is 2.69. The third-order valence-corrected chi connectivity index (χ3v) is 2.69. The zero-order chi connectivity index (χ0) is 15.2. The van der Waals surface area contributed by atoms with Gasteiger partial charge in [-0.2, -0.15) is 0 Å². The SMILES string of the molecule is CCOC(=O)CNC(=O)Nc1cccc(C(C)(C)C)c1. The van der Waals surface area contributed by atoms with Crippen molar-refractivity contribution >= 4 is 17.7 Å². The number of hydrogen-bond acceptors (Lipinski definition) is 3. The Labute approximate surface area is 119 Å². The summed E-state index contributed by atoms with van der Waals surface area (Å²) in [7, 11) is 0. The van der Waals surface area contributed by atoms with E-state index in [0.717, 1.165) is 5.56 Å². The van der Waals surface area contributed by atoms with Crippen molar-refractivity contribution in [3.05, 3.63) is 29.8 Å². The van der Waals surface area contributed by atoms with Gasteiger partial charge >= 0.3 is 12.0 Å². The Morgan fingerprint density at radius 2 is 1.95 bits per heavy atom. The molecule has 110 valence electrons. The van der Waals surface area contributed by atoms with Crippen molar-refractivity contribution in [2.75, 3.05) is 18.5 Å². The van der Waals surface area contributed by atoms with E-state index in [1.54, 1.807) is 13.0 Å². The van der Waals surface area contributed by atoms with Crippen LogP contribution in [0.2, 0.25) is 0 Å². The van der Waals surface area contributed by atoms with Crippen molar-refractivity contribution in [2.24, 2.45) is 0 Å². The Kier molecular flexibility index (Phi) is 5.55. The predicted molar refractivity (Wildman–Crippen MR) is 78.8 cm³/mol. The maximum atomic E-state index is 11.7. The van der Waals surface area contributed by atoms with Gasteiger partial charge in [0, 0.05) is 5.69 Å². The minimum atomic E-state index is -0.453. The quantitative estimate of drug-likeness (QED) is 0.832. The lowest BCUT2D eigenvalue weighted by Crippen LogP contribution is -2.34. The largest absolute Gasteiger partial charge is 0.465 e. The number of benzene rings is 1. The number of carbonyl (C=O) groups is 2. The number of rotatable bonds is 4. The second kappa shape index (κ2) is 6.93. The van der Waals surface area contributed by atoms with Crippen molar-refractivity contribution in [3.8, 4) is 0 Å². The molecule has 0 bridgehead atoms. The molecule has 0 saturated heterocycles. The van der Waals surface area contributed by atoms with Gasteiger partial charge in [0.1, 0.15) is 6.54 Å². The summed E-state index contributed by atoms with van der Waals surface area (Å²) in [5.74, 6) is -0.453. The van der Waals surface area contributed by atoms with Gasteiger partial charge in [0.05, 0.1) is 6.61 Å². The molecule has 0 fully saturated rings. The molecule has 5 nitrogen and oxygen atoms in total. The Bertz CT molecular complexity index is 478. The Balaban J connectivity index is 2.56. The number of esters is 1. The number of amides is 2. The van der Waals surface area contributed by atoms with Crippen LogP contribution in [0.5, 0.6) is 0 Å². The van der Waals surface area contributed by atoms with E-state index in [-0.39, 0.29) is 12.0 Å². The van der Waals surface area contributed by atoms with Gasteiger partial charge in [0.2, 0.25) is 0 Å². The maximum absolute atomic E-state index is 11.7. The van der Waals surface area contributed by atoms with Crippen LogP contribution >= 0.6 is 0 Å². The predicted octanol–water partition coefficient (Wildman–Crippen LogP) is 2.67. The first-order chi connectivity index (χ1) is 9.32. The number of hydrogen-bond donors (Lipinski definition) is 2. The van der Waals surface area contributed by atoms with Gasteiger partial charge in [-0.3, -0.25) is 4.79 Å². The average molecular weight is 278 g/mol. The molecular formula is C15H22N2O3. The van der Waals surface area contributed by atoms with Crippen LogP contribution in [0.4, 0.5) is 10.5 Å². The average Bonchev–Trinajstić information content (AvgIpc) is 2.36. The van der Waals surface area contributed by atoms with Gasteiger partial charge in [-0.1, -0.05) is 32.9 Å². The fourth-order valence-electron chi connectivity index (χ4n) is 1.60. The van der Waals surface area contributed by atoms with Crippen LogP contribution in [0.3, 0.4) is 0 Å². The van der Waals surface area contributed by atoms with Gasteiger partial charge in [-0.25, -0.2) is 4.79 Å². The molecule has 0 radical (unpaired) electrons. The monoisotopic (exact) mass is 278 g/mol. The molecular weight excluding hydrogens is 256 g/mol. The van der Waals surface area contributed by atoms with E-state index in [2.05, 4.69) is 31.4 Å². The summed E-state index contributed by atoms with van der Waals surface area (Å²) in [4.78, 5) is 22.8. The second-order valence-electron chi connectivity index (χ2n) is 5.44. The molecule has 0 heterocycles. The van der Waals surface area contributed by atoms with E-state index < -0.39 is 12.0 Å². The van der Waals surface area contributed by atoms with E-state index in [1.807, 2.05) is 18.2 Å². The molecule has 2 N–H and O–H groups in total. The van der Waals surface area contributed by atoms with Gasteiger partial charge in [0.25, 0.3) is 0 Å². The van der Waals surface area contributed by atoms with E-state index in [1.165, 1.54) is 0 Å². The first-order valence-corrected chi connectivity index (χ1v) is 6.64. The number of anilines is 1. The van der Waals surface area contributed by atoms with Crippen LogP contribution < -0.4 is 10.6 Å². The Morgan fingerprint density at radius 1 is 1.25 bits per heavy atom. The number of carbonyl (C=O) groups excluding carboxylic acids is 2. The van der Waals surface area contributed by atoms with Crippen LogP contribution in [0, 0.1) is 0 Å². The molecule has 0 aliphatic carbocycles. The van der Waals surface area contributed by atoms with Crippen LogP contribution in [0.1, 0.15) is 33.3 Å². The highest BCUT2D eigenvalue weighted by Gasteiger charge is 2.14. The first-order valence-electron chi connectivity index (χ1n) is 6.64. The van der Waals surface area contributed by atoms with Crippen molar-refractivity contribution in [2.45, 2.75) is 33.1 Å². The van der Waals surface area contributed by atoms with Crippen molar-refractivity contribution in [1.29, 1.82) is 0 Å². The van der Waals surface area contributed by atoms with Gasteiger partial charge in [0.15, 0.2) is 0 Å². The smallest absolute Gasteiger partial charge is 0.325 e. The maximum Gasteiger partial charge on any atom is 0.325 e. The topological polar surface area (TPSA) is 67.4 Å². The Morgan fingerprint density at radius 3 is 2.55 bits per heavy atom. The van der Waals surface area contributed by atoms with Gasteiger partial charge in [-0.05, 0) is 30.0 Å². The van der Waals surface area contributed by atoms with E-state index in [4.69, 9.17) is 4.74 Å². The van der Waals surface area contributed by atoms with Crippen molar-refractivity contribution in [3.63, 3.8) is 0 Å².